The molecule has 0 aliphatic heterocycles. The van der Waals surface area contributed by atoms with Crippen LogP contribution in [0.4, 0.5) is 0 Å². The van der Waals surface area contributed by atoms with Crippen LogP contribution in [0.25, 0.3) is 0 Å². The number of carbonyl (C=O) groups excluding carboxylic acids is 1. The molecule has 128 valence electrons. The molecule has 0 saturated heterocycles. The van der Waals surface area contributed by atoms with Gasteiger partial charge in [0.15, 0.2) is 0 Å². The topological polar surface area (TPSA) is 36.4 Å². The molecule has 0 radical (unpaired) electrons. The molecule has 2 saturated carbocycles. The van der Waals surface area contributed by atoms with E-state index >= 15 is 0 Å². The van der Waals surface area contributed by atoms with Gasteiger partial charge < -0.3 is 9.80 Å². The molecule has 1 aromatic heterocycles. The minimum absolute atomic E-state index is 0.282. The number of rotatable bonds is 5. The van der Waals surface area contributed by atoms with Gasteiger partial charge in [-0.2, -0.15) is 0 Å². The number of thiazole rings is 1. The van der Waals surface area contributed by atoms with Crippen LogP contribution in [0.1, 0.15) is 42.8 Å². The Kier molecular flexibility index (Phi) is 5.07. The highest BCUT2D eigenvalue weighted by atomic mass is 32.1. The number of hydrogen-bond acceptors (Lipinski definition) is 4. The SMILES string of the molecule is Cc1nc(CCC(=O)N(C)C2C[C@H]3CC(N(C)C)C[C@H]3C2)cs1. The molecule has 5 heteroatoms. The van der Waals surface area contributed by atoms with Gasteiger partial charge in [0.05, 0.1) is 10.7 Å². The van der Waals surface area contributed by atoms with Crippen LogP contribution in [-0.2, 0) is 11.2 Å². The van der Waals surface area contributed by atoms with Gasteiger partial charge in [-0.3, -0.25) is 4.79 Å². The Hall–Kier alpha value is -0.940. The Labute approximate surface area is 143 Å². The van der Waals surface area contributed by atoms with Crippen LogP contribution < -0.4 is 0 Å². The molecular formula is C18H29N3OS. The van der Waals surface area contributed by atoms with Crippen molar-refractivity contribution in [3.8, 4) is 0 Å². The number of aromatic nitrogens is 1. The van der Waals surface area contributed by atoms with Gasteiger partial charge in [-0.1, -0.05) is 0 Å². The standard InChI is InChI=1S/C18H29N3OS/c1-12-19-15(11-23-12)5-6-18(22)21(4)17-9-13-7-16(20(2)3)8-14(13)10-17/h11,13-14,16-17H,5-10H2,1-4H3/t13-,14+,16?,17?. The van der Waals surface area contributed by atoms with Crippen molar-refractivity contribution >= 4 is 17.2 Å². The summed E-state index contributed by atoms with van der Waals surface area (Å²) in [5.41, 5.74) is 1.06. The first-order valence-corrected chi connectivity index (χ1v) is 9.65. The summed E-state index contributed by atoms with van der Waals surface area (Å²) in [5, 5.41) is 3.16. The average molecular weight is 336 g/mol. The fourth-order valence-electron chi connectivity index (χ4n) is 4.43. The second-order valence-electron chi connectivity index (χ2n) is 7.60. The lowest BCUT2D eigenvalue weighted by molar-refractivity contribution is -0.131. The molecule has 0 aromatic carbocycles. The number of carbonyl (C=O) groups is 1. The van der Waals surface area contributed by atoms with Crippen molar-refractivity contribution in [2.45, 2.75) is 57.5 Å². The van der Waals surface area contributed by atoms with Gasteiger partial charge in [0, 0.05) is 30.9 Å². The van der Waals surface area contributed by atoms with Crippen LogP contribution in [0.2, 0.25) is 0 Å². The highest BCUT2D eigenvalue weighted by Crippen LogP contribution is 2.46. The molecule has 1 amide bonds. The van der Waals surface area contributed by atoms with Crippen molar-refractivity contribution in [3.05, 3.63) is 16.1 Å². The summed E-state index contributed by atoms with van der Waals surface area (Å²) in [4.78, 5) is 21.4. The third kappa shape index (κ3) is 3.77. The van der Waals surface area contributed by atoms with E-state index in [-0.39, 0.29) is 5.91 Å². The molecule has 2 unspecified atom stereocenters. The van der Waals surface area contributed by atoms with E-state index in [1.807, 2.05) is 18.9 Å². The molecule has 4 atom stereocenters. The average Bonchev–Trinajstić information content (AvgIpc) is 3.17. The van der Waals surface area contributed by atoms with Crippen molar-refractivity contribution in [2.24, 2.45) is 11.8 Å². The van der Waals surface area contributed by atoms with Crippen LogP contribution in [-0.4, -0.2) is 53.9 Å². The first-order valence-electron chi connectivity index (χ1n) is 8.77. The van der Waals surface area contributed by atoms with Crippen LogP contribution >= 0.6 is 11.3 Å². The van der Waals surface area contributed by atoms with Crippen LogP contribution in [0.5, 0.6) is 0 Å². The second-order valence-corrected chi connectivity index (χ2v) is 8.66. The van der Waals surface area contributed by atoms with Crippen molar-refractivity contribution in [1.29, 1.82) is 0 Å². The lowest BCUT2D eigenvalue weighted by Gasteiger charge is -2.27. The molecule has 2 fully saturated rings. The first-order chi connectivity index (χ1) is 10.9. The summed E-state index contributed by atoms with van der Waals surface area (Å²) in [6, 6.07) is 1.21. The summed E-state index contributed by atoms with van der Waals surface area (Å²) in [6.45, 7) is 2.01. The van der Waals surface area contributed by atoms with Gasteiger partial charge in [-0.25, -0.2) is 4.98 Å². The zero-order valence-corrected chi connectivity index (χ0v) is 15.6. The fourth-order valence-corrected chi connectivity index (χ4v) is 5.08. The van der Waals surface area contributed by atoms with Gasteiger partial charge in [-0.05, 0) is 65.0 Å². The summed E-state index contributed by atoms with van der Waals surface area (Å²) >= 11 is 1.66. The molecule has 0 spiro atoms. The largest absolute Gasteiger partial charge is 0.343 e. The number of hydrogen-bond donors (Lipinski definition) is 0. The molecule has 4 nitrogen and oxygen atoms in total. The molecular weight excluding hydrogens is 306 g/mol. The van der Waals surface area contributed by atoms with Crippen molar-refractivity contribution in [3.63, 3.8) is 0 Å². The molecule has 23 heavy (non-hydrogen) atoms. The molecule has 2 aliphatic rings. The van der Waals surface area contributed by atoms with Crippen LogP contribution in [0, 0.1) is 18.8 Å². The number of aryl methyl sites for hydroxylation is 2. The summed E-state index contributed by atoms with van der Waals surface area (Å²) in [7, 11) is 6.39. The van der Waals surface area contributed by atoms with Crippen LogP contribution in [0.15, 0.2) is 5.38 Å². The highest BCUT2D eigenvalue weighted by Gasteiger charge is 2.43. The third-order valence-electron chi connectivity index (χ3n) is 5.90. The molecule has 2 aliphatic carbocycles. The molecule has 3 rings (SSSR count). The first kappa shape index (κ1) is 16.9. The smallest absolute Gasteiger partial charge is 0.222 e. The lowest BCUT2D eigenvalue weighted by Crippen LogP contribution is -2.36. The van der Waals surface area contributed by atoms with Gasteiger partial charge >= 0.3 is 0 Å². The number of fused-ring (bicyclic) bond motifs is 1. The molecule has 0 bridgehead atoms. The van der Waals surface area contributed by atoms with E-state index < -0.39 is 0 Å². The maximum absolute atomic E-state index is 12.5. The van der Waals surface area contributed by atoms with Gasteiger partial charge in [0.1, 0.15) is 0 Å². The fraction of sp³-hybridized carbons (Fsp3) is 0.778. The zero-order valence-electron chi connectivity index (χ0n) is 14.8. The van der Waals surface area contributed by atoms with Crippen molar-refractivity contribution in [1.82, 2.24) is 14.8 Å². The van der Waals surface area contributed by atoms with Crippen molar-refractivity contribution in [2.75, 3.05) is 21.1 Å². The van der Waals surface area contributed by atoms with E-state index in [1.165, 1.54) is 25.7 Å². The molecule has 1 aromatic rings. The Bertz CT molecular complexity index is 542. The normalized spacial score (nSPS) is 30.0. The van der Waals surface area contributed by atoms with E-state index in [0.717, 1.165) is 35.0 Å². The van der Waals surface area contributed by atoms with E-state index in [2.05, 4.69) is 29.4 Å². The van der Waals surface area contributed by atoms with E-state index in [9.17, 15) is 4.79 Å². The monoisotopic (exact) mass is 335 g/mol. The predicted octanol–water partition coefficient (Wildman–Crippen LogP) is 2.96. The van der Waals surface area contributed by atoms with E-state index in [1.54, 1.807) is 11.3 Å². The Morgan fingerprint density at radius 1 is 1.17 bits per heavy atom. The van der Waals surface area contributed by atoms with Crippen molar-refractivity contribution < 1.29 is 4.79 Å². The van der Waals surface area contributed by atoms with Gasteiger partial charge in [0.25, 0.3) is 0 Å². The predicted molar refractivity (Wildman–Crippen MR) is 94.7 cm³/mol. The summed E-state index contributed by atoms with van der Waals surface area (Å²) < 4.78 is 0. The second kappa shape index (κ2) is 6.89. The summed E-state index contributed by atoms with van der Waals surface area (Å²) in [5.74, 6) is 1.93. The van der Waals surface area contributed by atoms with Gasteiger partial charge in [0.2, 0.25) is 5.91 Å². The quantitative estimate of drug-likeness (QED) is 0.830. The van der Waals surface area contributed by atoms with Gasteiger partial charge in [-0.15, -0.1) is 11.3 Å². The molecule has 0 N–H and O–H groups in total. The number of amides is 1. The van der Waals surface area contributed by atoms with Crippen LogP contribution in [0.3, 0.4) is 0 Å². The maximum Gasteiger partial charge on any atom is 0.222 e. The number of nitrogens with zero attached hydrogens (tertiary/aromatic N) is 3. The van der Waals surface area contributed by atoms with E-state index in [0.29, 0.717) is 12.5 Å². The summed E-state index contributed by atoms with van der Waals surface area (Å²) in [6.07, 6.45) is 6.39. The molecule has 1 heterocycles. The minimum Gasteiger partial charge on any atom is -0.343 e. The highest BCUT2D eigenvalue weighted by molar-refractivity contribution is 7.09. The Balaban J connectivity index is 1.48. The van der Waals surface area contributed by atoms with E-state index in [4.69, 9.17) is 0 Å². The Morgan fingerprint density at radius 3 is 2.30 bits per heavy atom. The Morgan fingerprint density at radius 2 is 1.78 bits per heavy atom. The zero-order chi connectivity index (χ0) is 16.6. The minimum atomic E-state index is 0.282. The third-order valence-corrected chi connectivity index (χ3v) is 6.72. The lowest BCUT2D eigenvalue weighted by atomic mass is 10.0. The maximum atomic E-state index is 12.5.